The molecule has 3 aromatic rings. The molecule has 2 heterocycles. The van der Waals surface area contributed by atoms with E-state index < -0.39 is 11.8 Å². The van der Waals surface area contributed by atoms with Crippen LogP contribution in [0.25, 0.3) is 11.1 Å². The van der Waals surface area contributed by atoms with Crippen molar-refractivity contribution >= 4 is 28.6 Å². The van der Waals surface area contributed by atoms with E-state index in [-0.39, 0.29) is 6.04 Å². The summed E-state index contributed by atoms with van der Waals surface area (Å²) < 4.78 is 11.3. The van der Waals surface area contributed by atoms with E-state index in [1.54, 1.807) is 18.2 Å². The summed E-state index contributed by atoms with van der Waals surface area (Å²) in [5.74, 6) is 0.505. The molecule has 1 fully saturated rings. The van der Waals surface area contributed by atoms with Gasteiger partial charge >= 0.3 is 11.8 Å². The summed E-state index contributed by atoms with van der Waals surface area (Å²) in [7, 11) is 0. The molecule has 0 unspecified atom stereocenters. The van der Waals surface area contributed by atoms with Crippen LogP contribution in [0.5, 0.6) is 5.75 Å². The number of fused-ring (bicyclic) bond motifs is 2. The van der Waals surface area contributed by atoms with Crippen LogP contribution in [0, 0.1) is 0 Å². The highest BCUT2D eigenvalue weighted by Gasteiger charge is 2.29. The molecule has 0 spiro atoms. The van der Waals surface area contributed by atoms with E-state index in [4.69, 9.17) is 9.15 Å². The van der Waals surface area contributed by atoms with Gasteiger partial charge in [-0.2, -0.15) is 0 Å². The maximum absolute atomic E-state index is 12.4. The van der Waals surface area contributed by atoms with Crippen molar-refractivity contribution in [1.82, 2.24) is 10.3 Å². The van der Waals surface area contributed by atoms with Gasteiger partial charge in [0.25, 0.3) is 0 Å². The van der Waals surface area contributed by atoms with Crippen molar-refractivity contribution in [1.29, 1.82) is 0 Å². The van der Waals surface area contributed by atoms with Crippen molar-refractivity contribution < 1.29 is 18.7 Å². The number of rotatable bonds is 3. The Hall–Kier alpha value is -3.35. The van der Waals surface area contributed by atoms with Crippen LogP contribution in [0.2, 0.25) is 0 Å². The number of nitrogens with one attached hydrogen (secondary N) is 2. The summed E-state index contributed by atoms with van der Waals surface area (Å²) in [6.07, 6.45) is 2.82. The standard InChI is InChI=1S/C21H19N3O4/c25-19(20(26)23-15-9-10-27-17-4-2-1-3-14(15)17)22-13-7-8-18-16(11-13)24-21(28-18)12-5-6-12/h1-4,7-8,11-12,15H,5-6,9-10H2,(H,22,25)(H,23,26)/t15-/m1/s1. The molecule has 7 nitrogen and oxygen atoms in total. The zero-order valence-electron chi connectivity index (χ0n) is 15.1. The van der Waals surface area contributed by atoms with Crippen molar-refractivity contribution in [3.63, 3.8) is 0 Å². The van der Waals surface area contributed by atoms with E-state index in [0.29, 0.717) is 35.7 Å². The molecule has 1 atom stereocenters. The molecule has 5 rings (SSSR count). The van der Waals surface area contributed by atoms with E-state index in [0.717, 1.165) is 30.0 Å². The first-order chi connectivity index (χ1) is 13.7. The van der Waals surface area contributed by atoms with Crippen LogP contribution < -0.4 is 15.4 Å². The average Bonchev–Trinajstić information content (AvgIpc) is 3.47. The molecule has 1 aliphatic heterocycles. The number of hydrogen-bond acceptors (Lipinski definition) is 5. The van der Waals surface area contributed by atoms with Crippen LogP contribution >= 0.6 is 0 Å². The SMILES string of the molecule is O=C(Nc1ccc2oc(C3CC3)nc2c1)C(=O)N[C@@H]1CCOc2ccccc21. The number of ether oxygens (including phenoxy) is 1. The van der Waals surface area contributed by atoms with Gasteiger partial charge in [0, 0.05) is 23.6 Å². The van der Waals surface area contributed by atoms with Crippen LogP contribution in [0.3, 0.4) is 0 Å². The molecule has 1 saturated carbocycles. The lowest BCUT2D eigenvalue weighted by Gasteiger charge is -2.26. The van der Waals surface area contributed by atoms with E-state index in [1.807, 2.05) is 24.3 Å². The molecule has 2 amide bonds. The largest absolute Gasteiger partial charge is 0.493 e. The number of aromatic nitrogens is 1. The molecule has 2 N–H and O–H groups in total. The van der Waals surface area contributed by atoms with Gasteiger partial charge in [0.15, 0.2) is 11.5 Å². The summed E-state index contributed by atoms with van der Waals surface area (Å²) in [4.78, 5) is 29.2. The van der Waals surface area contributed by atoms with Crippen molar-refractivity contribution in [3.8, 4) is 5.75 Å². The second-order valence-corrected chi connectivity index (χ2v) is 7.16. The van der Waals surface area contributed by atoms with Crippen LogP contribution in [0.1, 0.15) is 42.7 Å². The van der Waals surface area contributed by atoms with Gasteiger partial charge < -0.3 is 19.8 Å². The first kappa shape index (κ1) is 16.8. The highest BCUT2D eigenvalue weighted by Crippen LogP contribution is 2.40. The van der Waals surface area contributed by atoms with E-state index >= 15 is 0 Å². The summed E-state index contributed by atoms with van der Waals surface area (Å²) >= 11 is 0. The molecule has 1 aliphatic carbocycles. The number of anilines is 1. The number of carbonyl (C=O) groups is 2. The normalized spacial score (nSPS) is 18.2. The van der Waals surface area contributed by atoms with Gasteiger partial charge in [-0.1, -0.05) is 18.2 Å². The molecule has 0 radical (unpaired) electrons. The van der Waals surface area contributed by atoms with Gasteiger partial charge in [-0.15, -0.1) is 0 Å². The predicted molar refractivity (Wildman–Crippen MR) is 102 cm³/mol. The molecule has 2 aromatic carbocycles. The smallest absolute Gasteiger partial charge is 0.313 e. The third-order valence-corrected chi connectivity index (χ3v) is 5.06. The second-order valence-electron chi connectivity index (χ2n) is 7.16. The molecule has 28 heavy (non-hydrogen) atoms. The topological polar surface area (TPSA) is 93.5 Å². The van der Waals surface area contributed by atoms with Gasteiger partial charge in [0.1, 0.15) is 11.3 Å². The van der Waals surface area contributed by atoms with Gasteiger partial charge in [0.2, 0.25) is 0 Å². The third kappa shape index (κ3) is 3.19. The fraction of sp³-hybridized carbons (Fsp3) is 0.286. The maximum atomic E-state index is 12.4. The van der Waals surface area contributed by atoms with E-state index in [2.05, 4.69) is 15.6 Å². The van der Waals surface area contributed by atoms with Crippen molar-refractivity contribution in [2.24, 2.45) is 0 Å². The number of nitrogens with zero attached hydrogens (tertiary/aromatic N) is 1. The number of carbonyl (C=O) groups excluding carboxylic acids is 2. The van der Waals surface area contributed by atoms with E-state index in [9.17, 15) is 9.59 Å². The van der Waals surface area contributed by atoms with Crippen molar-refractivity contribution in [2.75, 3.05) is 11.9 Å². The lowest BCUT2D eigenvalue weighted by Crippen LogP contribution is -2.39. The molecular formula is C21H19N3O4. The summed E-state index contributed by atoms with van der Waals surface area (Å²) in [5.41, 5.74) is 2.75. The summed E-state index contributed by atoms with van der Waals surface area (Å²) in [6, 6.07) is 12.5. The predicted octanol–water partition coefficient (Wildman–Crippen LogP) is 3.28. The molecular weight excluding hydrogens is 358 g/mol. The number of amides is 2. The molecule has 142 valence electrons. The van der Waals surface area contributed by atoms with Gasteiger partial charge in [-0.05, 0) is 37.1 Å². The Morgan fingerprint density at radius 3 is 2.75 bits per heavy atom. The Kier molecular flexibility index (Phi) is 4.00. The Morgan fingerprint density at radius 2 is 1.89 bits per heavy atom. The average molecular weight is 377 g/mol. The fourth-order valence-corrected chi connectivity index (χ4v) is 3.43. The quantitative estimate of drug-likeness (QED) is 0.683. The lowest BCUT2D eigenvalue weighted by atomic mass is 10.0. The first-order valence-electron chi connectivity index (χ1n) is 9.41. The summed E-state index contributed by atoms with van der Waals surface area (Å²) in [5, 5.41) is 5.43. The Morgan fingerprint density at radius 1 is 1.04 bits per heavy atom. The number of para-hydroxylation sites is 1. The van der Waals surface area contributed by atoms with Crippen LogP contribution in [-0.4, -0.2) is 23.4 Å². The third-order valence-electron chi connectivity index (χ3n) is 5.06. The monoisotopic (exact) mass is 377 g/mol. The number of oxazole rings is 1. The van der Waals surface area contributed by atoms with Crippen LogP contribution in [-0.2, 0) is 9.59 Å². The highest BCUT2D eigenvalue weighted by atomic mass is 16.5. The number of hydrogen-bond donors (Lipinski definition) is 2. The molecule has 1 aromatic heterocycles. The fourth-order valence-electron chi connectivity index (χ4n) is 3.43. The molecule has 2 aliphatic rings. The molecule has 0 bridgehead atoms. The van der Waals surface area contributed by atoms with Gasteiger partial charge in [-0.25, -0.2) is 4.98 Å². The minimum atomic E-state index is -0.714. The minimum Gasteiger partial charge on any atom is -0.493 e. The second kappa shape index (κ2) is 6.67. The highest BCUT2D eigenvalue weighted by molar-refractivity contribution is 6.39. The molecule has 7 heteroatoms. The number of benzene rings is 2. The van der Waals surface area contributed by atoms with Crippen LogP contribution in [0.4, 0.5) is 5.69 Å². The minimum absolute atomic E-state index is 0.248. The maximum Gasteiger partial charge on any atom is 0.313 e. The zero-order valence-corrected chi connectivity index (χ0v) is 15.1. The zero-order chi connectivity index (χ0) is 19.1. The van der Waals surface area contributed by atoms with Gasteiger partial charge in [0.05, 0.1) is 12.6 Å². The Labute approximate surface area is 161 Å². The van der Waals surface area contributed by atoms with Crippen molar-refractivity contribution in [2.45, 2.75) is 31.2 Å². The van der Waals surface area contributed by atoms with E-state index in [1.165, 1.54) is 0 Å². The summed E-state index contributed by atoms with van der Waals surface area (Å²) in [6.45, 7) is 0.496. The van der Waals surface area contributed by atoms with Gasteiger partial charge in [-0.3, -0.25) is 9.59 Å². The molecule has 0 saturated heterocycles. The lowest BCUT2D eigenvalue weighted by molar-refractivity contribution is -0.136. The Balaban J connectivity index is 1.27. The van der Waals surface area contributed by atoms with Crippen molar-refractivity contribution in [3.05, 3.63) is 53.9 Å². The Bertz CT molecular complexity index is 1070. The van der Waals surface area contributed by atoms with Crippen LogP contribution in [0.15, 0.2) is 46.9 Å². The first-order valence-corrected chi connectivity index (χ1v) is 9.41.